The zero-order chi connectivity index (χ0) is 22.3. The van der Waals surface area contributed by atoms with E-state index in [-0.39, 0.29) is 22.7 Å². The van der Waals surface area contributed by atoms with Crippen molar-refractivity contribution in [1.29, 1.82) is 0 Å². The number of aromatic amines is 1. The van der Waals surface area contributed by atoms with Gasteiger partial charge in [0.15, 0.2) is 0 Å². The van der Waals surface area contributed by atoms with Crippen molar-refractivity contribution in [1.82, 2.24) is 19.6 Å². The zero-order valence-corrected chi connectivity index (χ0v) is 17.7. The maximum Gasteiger partial charge on any atom is 0.295 e. The lowest BCUT2D eigenvalue weighted by molar-refractivity contribution is 0.102. The third-order valence-electron chi connectivity index (χ3n) is 5.59. The zero-order valence-electron chi connectivity index (χ0n) is 17.7. The molecule has 1 amide bonds. The molecule has 2 aromatic carbocycles. The largest absolute Gasteiger partial charge is 0.507 e. The summed E-state index contributed by atoms with van der Waals surface area (Å²) in [7, 11) is 1.76. The summed E-state index contributed by atoms with van der Waals surface area (Å²) in [5.41, 5.74) is 4.06. The molecule has 0 spiro atoms. The number of aromatic nitrogens is 4. The molecule has 158 valence electrons. The van der Waals surface area contributed by atoms with Crippen LogP contribution in [-0.4, -0.2) is 30.6 Å². The number of nitrogens with one attached hydrogen (secondary N) is 2. The van der Waals surface area contributed by atoms with Gasteiger partial charge in [0.2, 0.25) is 0 Å². The summed E-state index contributed by atoms with van der Waals surface area (Å²) in [5.74, 6) is -0.365. The first-order chi connectivity index (χ1) is 14.8. The van der Waals surface area contributed by atoms with E-state index < -0.39 is 5.91 Å². The normalized spacial score (nSPS) is 11.0. The van der Waals surface area contributed by atoms with Gasteiger partial charge < -0.3 is 10.4 Å². The van der Waals surface area contributed by atoms with Crippen LogP contribution in [0.3, 0.4) is 0 Å². The number of para-hydroxylation sites is 1. The fourth-order valence-electron chi connectivity index (χ4n) is 3.48. The van der Waals surface area contributed by atoms with Crippen LogP contribution in [0.2, 0.25) is 0 Å². The Morgan fingerprint density at radius 1 is 1.10 bits per heavy atom. The molecule has 0 radical (unpaired) electrons. The number of nitrogens with zero attached hydrogens (tertiary/aromatic N) is 3. The van der Waals surface area contributed by atoms with Crippen LogP contribution in [0.1, 0.15) is 27.3 Å². The monoisotopic (exact) mass is 417 g/mol. The average molecular weight is 417 g/mol. The number of aromatic hydroxyl groups is 1. The molecule has 2 aromatic heterocycles. The Hall–Kier alpha value is -4.07. The predicted molar refractivity (Wildman–Crippen MR) is 119 cm³/mol. The van der Waals surface area contributed by atoms with Gasteiger partial charge in [-0.1, -0.05) is 24.3 Å². The van der Waals surface area contributed by atoms with Gasteiger partial charge in [-0.05, 0) is 56.2 Å². The molecule has 0 unspecified atom stereocenters. The van der Waals surface area contributed by atoms with E-state index >= 15 is 0 Å². The first-order valence-corrected chi connectivity index (χ1v) is 9.80. The molecule has 2 heterocycles. The fourth-order valence-corrected chi connectivity index (χ4v) is 3.48. The second kappa shape index (κ2) is 7.64. The average Bonchev–Trinajstić information content (AvgIpc) is 3.33. The lowest BCUT2D eigenvalue weighted by Crippen LogP contribution is -2.23. The topological polar surface area (TPSA) is 105 Å². The maximum atomic E-state index is 13.0. The molecule has 31 heavy (non-hydrogen) atoms. The number of benzene rings is 2. The highest BCUT2D eigenvalue weighted by molar-refractivity contribution is 6.03. The summed E-state index contributed by atoms with van der Waals surface area (Å²) >= 11 is 0. The number of rotatable bonds is 4. The summed E-state index contributed by atoms with van der Waals surface area (Å²) in [6.45, 7) is 5.50. The van der Waals surface area contributed by atoms with Crippen LogP contribution in [0.25, 0.3) is 16.9 Å². The molecular weight excluding hydrogens is 394 g/mol. The Morgan fingerprint density at radius 3 is 2.52 bits per heavy atom. The van der Waals surface area contributed by atoms with E-state index in [0.717, 1.165) is 11.1 Å². The third-order valence-corrected chi connectivity index (χ3v) is 5.59. The highest BCUT2D eigenvalue weighted by Crippen LogP contribution is 2.32. The Kier molecular flexibility index (Phi) is 4.98. The standard InChI is InChI=1S/C23H23N5O3/c1-13-10-11-17(21(29)14(13)2)18-12-19(26-25-18)22(30)24-20-15(3)27(4)28(23(20)31)16-8-6-5-7-9-16/h5-12,29H,1-4H3,(H,24,30)(H,25,26). The Bertz CT molecular complexity index is 1350. The quantitative estimate of drug-likeness (QED) is 0.473. The lowest BCUT2D eigenvalue weighted by Gasteiger charge is -2.07. The molecule has 0 aliphatic rings. The van der Waals surface area contributed by atoms with Crippen molar-refractivity contribution in [2.45, 2.75) is 20.8 Å². The Balaban J connectivity index is 1.65. The minimum atomic E-state index is -0.493. The van der Waals surface area contributed by atoms with Crippen LogP contribution < -0.4 is 10.9 Å². The van der Waals surface area contributed by atoms with Crippen molar-refractivity contribution in [3.8, 4) is 22.7 Å². The van der Waals surface area contributed by atoms with E-state index in [0.29, 0.717) is 22.6 Å². The van der Waals surface area contributed by atoms with E-state index in [1.165, 1.54) is 4.68 Å². The number of hydrogen-bond acceptors (Lipinski definition) is 4. The van der Waals surface area contributed by atoms with Crippen molar-refractivity contribution >= 4 is 11.6 Å². The van der Waals surface area contributed by atoms with Gasteiger partial charge in [-0.2, -0.15) is 5.10 Å². The molecule has 0 saturated carbocycles. The molecule has 8 heteroatoms. The van der Waals surface area contributed by atoms with Gasteiger partial charge in [-0.25, -0.2) is 4.68 Å². The van der Waals surface area contributed by atoms with Crippen molar-refractivity contribution in [3.05, 3.63) is 81.4 Å². The molecular formula is C23H23N5O3. The molecule has 3 N–H and O–H groups in total. The summed E-state index contributed by atoms with van der Waals surface area (Å²) in [6.07, 6.45) is 0. The van der Waals surface area contributed by atoms with Crippen LogP contribution >= 0.6 is 0 Å². The van der Waals surface area contributed by atoms with E-state index in [2.05, 4.69) is 15.5 Å². The number of phenols is 1. The molecule has 0 saturated heterocycles. The van der Waals surface area contributed by atoms with Crippen LogP contribution in [0, 0.1) is 20.8 Å². The number of carbonyl (C=O) groups excluding carboxylic acids is 1. The van der Waals surface area contributed by atoms with Crippen LogP contribution in [0.15, 0.2) is 53.3 Å². The molecule has 4 aromatic rings. The van der Waals surface area contributed by atoms with Crippen LogP contribution in [0.5, 0.6) is 5.75 Å². The second-order valence-corrected chi connectivity index (χ2v) is 7.46. The van der Waals surface area contributed by atoms with E-state index in [4.69, 9.17) is 0 Å². The van der Waals surface area contributed by atoms with E-state index in [1.54, 1.807) is 30.8 Å². The van der Waals surface area contributed by atoms with Crippen molar-refractivity contribution < 1.29 is 9.90 Å². The van der Waals surface area contributed by atoms with Crippen molar-refractivity contribution in [2.75, 3.05) is 5.32 Å². The molecule has 0 aliphatic carbocycles. The van der Waals surface area contributed by atoms with E-state index in [9.17, 15) is 14.7 Å². The third kappa shape index (κ3) is 3.42. The van der Waals surface area contributed by atoms with Crippen molar-refractivity contribution in [3.63, 3.8) is 0 Å². The van der Waals surface area contributed by atoms with Crippen LogP contribution in [0.4, 0.5) is 5.69 Å². The predicted octanol–water partition coefficient (Wildman–Crippen LogP) is 3.45. The molecule has 0 atom stereocenters. The van der Waals surface area contributed by atoms with E-state index in [1.807, 2.05) is 50.2 Å². The minimum Gasteiger partial charge on any atom is -0.507 e. The molecule has 0 aliphatic heterocycles. The molecule has 0 fully saturated rings. The lowest BCUT2D eigenvalue weighted by atomic mass is 10.0. The van der Waals surface area contributed by atoms with Gasteiger partial charge in [0.05, 0.1) is 17.1 Å². The number of amides is 1. The Morgan fingerprint density at radius 2 is 1.81 bits per heavy atom. The first kappa shape index (κ1) is 20.2. The molecule has 8 nitrogen and oxygen atoms in total. The van der Waals surface area contributed by atoms with Crippen molar-refractivity contribution in [2.24, 2.45) is 7.05 Å². The number of anilines is 1. The summed E-state index contributed by atoms with van der Waals surface area (Å²) in [6, 6.07) is 14.4. The van der Waals surface area contributed by atoms with Gasteiger partial charge in [-0.3, -0.25) is 19.4 Å². The number of phenolic OH excluding ortho intramolecular Hbond substituents is 1. The number of H-pyrrole nitrogens is 1. The minimum absolute atomic E-state index is 0.128. The summed E-state index contributed by atoms with van der Waals surface area (Å²) in [5, 5.41) is 20.0. The molecule has 4 rings (SSSR count). The van der Waals surface area contributed by atoms with Gasteiger partial charge in [0.1, 0.15) is 17.1 Å². The second-order valence-electron chi connectivity index (χ2n) is 7.46. The van der Waals surface area contributed by atoms with Gasteiger partial charge in [0, 0.05) is 12.6 Å². The highest BCUT2D eigenvalue weighted by atomic mass is 16.3. The number of aryl methyl sites for hydroxylation is 1. The fraction of sp³-hybridized carbons (Fsp3) is 0.174. The maximum absolute atomic E-state index is 13.0. The van der Waals surface area contributed by atoms with Crippen LogP contribution in [-0.2, 0) is 7.05 Å². The SMILES string of the molecule is Cc1ccc(-c2cc(C(=O)Nc3c(C)n(C)n(-c4ccccc4)c3=O)[nH]n2)c(O)c1C. The smallest absolute Gasteiger partial charge is 0.295 e. The summed E-state index contributed by atoms with van der Waals surface area (Å²) < 4.78 is 3.19. The van der Waals surface area contributed by atoms with Gasteiger partial charge in [-0.15, -0.1) is 0 Å². The summed E-state index contributed by atoms with van der Waals surface area (Å²) in [4.78, 5) is 25.8. The highest BCUT2D eigenvalue weighted by Gasteiger charge is 2.20. The number of carbonyl (C=O) groups is 1. The molecule has 0 bridgehead atoms. The number of hydrogen-bond donors (Lipinski definition) is 3. The van der Waals surface area contributed by atoms with Gasteiger partial charge in [0.25, 0.3) is 11.5 Å². The van der Waals surface area contributed by atoms with Gasteiger partial charge >= 0.3 is 0 Å². The first-order valence-electron chi connectivity index (χ1n) is 9.80. The Labute approximate surface area is 178 Å².